The SMILES string of the molecule is CC(CCC(=O)O)NC(=O)NC(C)(C)C1CC1. The highest BCUT2D eigenvalue weighted by atomic mass is 16.4. The first kappa shape index (κ1) is 13.8. The molecule has 1 atom stereocenters. The minimum absolute atomic E-state index is 0.0768. The van der Waals surface area contributed by atoms with Crippen LogP contribution in [0.5, 0.6) is 0 Å². The molecule has 1 saturated carbocycles. The van der Waals surface area contributed by atoms with E-state index >= 15 is 0 Å². The zero-order valence-electron chi connectivity index (χ0n) is 10.7. The molecule has 5 nitrogen and oxygen atoms in total. The second kappa shape index (κ2) is 5.38. The lowest BCUT2D eigenvalue weighted by Gasteiger charge is -2.27. The monoisotopic (exact) mass is 242 g/mol. The fourth-order valence-corrected chi connectivity index (χ4v) is 1.87. The van der Waals surface area contributed by atoms with E-state index in [1.54, 1.807) is 0 Å². The number of carbonyl (C=O) groups is 2. The zero-order chi connectivity index (χ0) is 13.1. The van der Waals surface area contributed by atoms with E-state index < -0.39 is 5.97 Å². The fraction of sp³-hybridized carbons (Fsp3) is 0.833. The summed E-state index contributed by atoms with van der Waals surface area (Å²) < 4.78 is 0. The van der Waals surface area contributed by atoms with Gasteiger partial charge in [-0.05, 0) is 46.0 Å². The predicted octanol–water partition coefficient (Wildman–Crippen LogP) is 1.73. The van der Waals surface area contributed by atoms with Crippen molar-refractivity contribution in [2.75, 3.05) is 0 Å². The Kier molecular flexibility index (Phi) is 4.37. The Morgan fingerprint density at radius 2 is 2.00 bits per heavy atom. The quantitative estimate of drug-likeness (QED) is 0.663. The van der Waals surface area contributed by atoms with Gasteiger partial charge in [-0.1, -0.05) is 0 Å². The first-order chi connectivity index (χ1) is 7.81. The van der Waals surface area contributed by atoms with Gasteiger partial charge in [0.2, 0.25) is 0 Å². The van der Waals surface area contributed by atoms with Gasteiger partial charge in [-0.25, -0.2) is 4.79 Å². The summed E-state index contributed by atoms with van der Waals surface area (Å²) in [6.07, 6.45) is 2.86. The zero-order valence-corrected chi connectivity index (χ0v) is 10.7. The minimum atomic E-state index is -0.836. The van der Waals surface area contributed by atoms with E-state index in [2.05, 4.69) is 10.6 Å². The van der Waals surface area contributed by atoms with Gasteiger partial charge in [0.15, 0.2) is 0 Å². The number of carboxylic acids is 1. The Balaban J connectivity index is 2.26. The van der Waals surface area contributed by atoms with Gasteiger partial charge in [-0.15, -0.1) is 0 Å². The molecule has 2 amide bonds. The third-order valence-corrected chi connectivity index (χ3v) is 3.20. The number of carboxylic acid groups (broad SMARTS) is 1. The molecule has 0 aromatic carbocycles. The summed E-state index contributed by atoms with van der Waals surface area (Å²) >= 11 is 0. The molecule has 98 valence electrons. The van der Waals surface area contributed by atoms with Crippen molar-refractivity contribution in [2.24, 2.45) is 5.92 Å². The van der Waals surface area contributed by atoms with Crippen molar-refractivity contribution in [1.29, 1.82) is 0 Å². The van der Waals surface area contributed by atoms with E-state index in [9.17, 15) is 9.59 Å². The van der Waals surface area contributed by atoms with Gasteiger partial charge in [0.25, 0.3) is 0 Å². The van der Waals surface area contributed by atoms with Crippen molar-refractivity contribution < 1.29 is 14.7 Å². The second-order valence-corrected chi connectivity index (χ2v) is 5.43. The van der Waals surface area contributed by atoms with Crippen LogP contribution in [0.2, 0.25) is 0 Å². The first-order valence-corrected chi connectivity index (χ1v) is 6.11. The largest absolute Gasteiger partial charge is 0.481 e. The maximum atomic E-state index is 11.7. The molecule has 0 spiro atoms. The van der Waals surface area contributed by atoms with Crippen LogP contribution in [0.25, 0.3) is 0 Å². The predicted molar refractivity (Wildman–Crippen MR) is 64.8 cm³/mol. The molecule has 1 rings (SSSR count). The second-order valence-electron chi connectivity index (χ2n) is 5.43. The van der Waals surface area contributed by atoms with Crippen LogP contribution in [-0.2, 0) is 4.79 Å². The number of nitrogens with one attached hydrogen (secondary N) is 2. The van der Waals surface area contributed by atoms with Crippen LogP contribution < -0.4 is 10.6 Å². The van der Waals surface area contributed by atoms with Gasteiger partial charge in [0, 0.05) is 18.0 Å². The Morgan fingerprint density at radius 1 is 1.41 bits per heavy atom. The van der Waals surface area contributed by atoms with Crippen molar-refractivity contribution in [2.45, 2.75) is 58.0 Å². The molecule has 0 saturated heterocycles. The summed E-state index contributed by atoms with van der Waals surface area (Å²) in [5.74, 6) is -0.264. The summed E-state index contributed by atoms with van der Waals surface area (Å²) in [5, 5.41) is 14.2. The van der Waals surface area contributed by atoms with Gasteiger partial charge < -0.3 is 15.7 Å². The summed E-state index contributed by atoms with van der Waals surface area (Å²) in [6, 6.07) is -0.333. The summed E-state index contributed by atoms with van der Waals surface area (Å²) in [4.78, 5) is 22.1. The molecule has 1 unspecified atom stereocenters. The summed E-state index contributed by atoms with van der Waals surface area (Å²) in [5.41, 5.74) is -0.170. The summed E-state index contributed by atoms with van der Waals surface area (Å²) in [6.45, 7) is 5.85. The van der Waals surface area contributed by atoms with Crippen LogP contribution in [0.3, 0.4) is 0 Å². The molecule has 3 N–H and O–H groups in total. The third kappa shape index (κ3) is 5.06. The highest BCUT2D eigenvalue weighted by Crippen LogP contribution is 2.39. The maximum Gasteiger partial charge on any atom is 0.315 e. The molecule has 17 heavy (non-hydrogen) atoms. The van der Waals surface area contributed by atoms with Gasteiger partial charge in [-0.2, -0.15) is 0 Å². The van der Waals surface area contributed by atoms with Crippen molar-refractivity contribution in [1.82, 2.24) is 10.6 Å². The number of carbonyl (C=O) groups excluding carboxylic acids is 1. The van der Waals surface area contributed by atoms with Crippen molar-refractivity contribution in [3.05, 3.63) is 0 Å². The number of hydrogen-bond donors (Lipinski definition) is 3. The minimum Gasteiger partial charge on any atom is -0.481 e. The van der Waals surface area contributed by atoms with Crippen molar-refractivity contribution in [3.8, 4) is 0 Å². The lowest BCUT2D eigenvalue weighted by molar-refractivity contribution is -0.137. The van der Waals surface area contributed by atoms with Gasteiger partial charge >= 0.3 is 12.0 Å². The third-order valence-electron chi connectivity index (χ3n) is 3.20. The first-order valence-electron chi connectivity index (χ1n) is 6.11. The standard InChI is InChI=1S/C12H22N2O3/c1-8(4-7-10(15)16)13-11(17)14-12(2,3)9-5-6-9/h8-9H,4-7H2,1-3H3,(H,15,16)(H2,13,14,17). The van der Waals surface area contributed by atoms with E-state index in [1.807, 2.05) is 20.8 Å². The highest BCUT2D eigenvalue weighted by Gasteiger charge is 2.38. The average Bonchev–Trinajstić information content (AvgIpc) is 2.96. The van der Waals surface area contributed by atoms with Crippen molar-refractivity contribution in [3.63, 3.8) is 0 Å². The molecule has 5 heteroatoms. The topological polar surface area (TPSA) is 78.4 Å². The van der Waals surface area contributed by atoms with E-state index in [1.165, 1.54) is 12.8 Å². The molecular formula is C12H22N2O3. The Hall–Kier alpha value is -1.26. The Bertz CT molecular complexity index is 298. The Labute approximate surface area is 102 Å². The maximum absolute atomic E-state index is 11.7. The number of amides is 2. The van der Waals surface area contributed by atoms with Crippen LogP contribution in [-0.4, -0.2) is 28.7 Å². The molecule has 0 aromatic heterocycles. The van der Waals surface area contributed by atoms with Gasteiger partial charge in [0.1, 0.15) is 0 Å². The number of aliphatic carboxylic acids is 1. The van der Waals surface area contributed by atoms with Crippen molar-refractivity contribution >= 4 is 12.0 Å². The molecule has 0 aromatic rings. The molecule has 1 fully saturated rings. The number of rotatable bonds is 6. The van der Waals surface area contributed by atoms with Crippen LogP contribution >= 0.6 is 0 Å². The van der Waals surface area contributed by atoms with E-state index in [4.69, 9.17) is 5.11 Å². The van der Waals surface area contributed by atoms with E-state index in [0.717, 1.165) is 0 Å². The Morgan fingerprint density at radius 3 is 2.47 bits per heavy atom. The highest BCUT2D eigenvalue weighted by molar-refractivity contribution is 5.75. The van der Waals surface area contributed by atoms with E-state index in [0.29, 0.717) is 12.3 Å². The van der Waals surface area contributed by atoms with Gasteiger partial charge in [-0.3, -0.25) is 4.79 Å². The smallest absolute Gasteiger partial charge is 0.315 e. The molecule has 1 aliphatic rings. The number of hydrogen-bond acceptors (Lipinski definition) is 2. The average molecular weight is 242 g/mol. The lowest BCUT2D eigenvalue weighted by atomic mass is 9.99. The van der Waals surface area contributed by atoms with Crippen LogP contribution in [0.15, 0.2) is 0 Å². The number of urea groups is 1. The van der Waals surface area contributed by atoms with Crippen LogP contribution in [0.4, 0.5) is 4.79 Å². The molecule has 0 radical (unpaired) electrons. The van der Waals surface area contributed by atoms with Gasteiger partial charge in [0.05, 0.1) is 0 Å². The normalized spacial score (nSPS) is 17.4. The molecule has 0 heterocycles. The van der Waals surface area contributed by atoms with E-state index in [-0.39, 0.29) is 24.0 Å². The molecule has 0 aliphatic heterocycles. The van der Waals surface area contributed by atoms with Crippen LogP contribution in [0, 0.1) is 5.92 Å². The molecular weight excluding hydrogens is 220 g/mol. The fourth-order valence-electron chi connectivity index (χ4n) is 1.87. The molecule has 0 bridgehead atoms. The molecule has 1 aliphatic carbocycles. The summed E-state index contributed by atoms with van der Waals surface area (Å²) in [7, 11) is 0. The van der Waals surface area contributed by atoms with Crippen LogP contribution in [0.1, 0.15) is 46.5 Å². The lowest BCUT2D eigenvalue weighted by Crippen LogP contribution is -2.51.